The van der Waals surface area contributed by atoms with Gasteiger partial charge in [-0.25, -0.2) is 4.79 Å². The molecule has 1 aromatic carbocycles. The highest BCUT2D eigenvalue weighted by atomic mass is 35.5. The Morgan fingerprint density at radius 1 is 1.23 bits per heavy atom. The number of nitrogens with zero attached hydrogens (tertiary/aromatic N) is 4. The van der Waals surface area contributed by atoms with Crippen LogP contribution in [0.2, 0.25) is 5.02 Å². The normalized spacial score (nSPS) is 16.3. The minimum absolute atomic E-state index is 0.0438. The second-order valence-corrected chi connectivity index (χ2v) is 11.7. The van der Waals surface area contributed by atoms with Crippen molar-refractivity contribution in [2.45, 2.75) is 45.0 Å². The molecule has 14 heteroatoms. The summed E-state index contributed by atoms with van der Waals surface area (Å²) in [5.41, 5.74) is 4.26. The van der Waals surface area contributed by atoms with Crippen LogP contribution in [0.3, 0.4) is 0 Å². The van der Waals surface area contributed by atoms with Crippen LogP contribution in [0.15, 0.2) is 52.3 Å². The maximum atomic E-state index is 13.0. The highest BCUT2D eigenvalue weighted by molar-refractivity contribution is 7.19. The van der Waals surface area contributed by atoms with Gasteiger partial charge in [0.1, 0.15) is 0 Å². The van der Waals surface area contributed by atoms with Crippen LogP contribution in [0.5, 0.6) is 0 Å². The number of hydrogen-bond donors (Lipinski definition) is 2. The number of benzene rings is 1. The van der Waals surface area contributed by atoms with Crippen LogP contribution in [0.1, 0.15) is 23.3 Å². The van der Waals surface area contributed by atoms with Crippen LogP contribution in [0.25, 0.3) is 21.3 Å². The fourth-order valence-corrected chi connectivity index (χ4v) is 7.13. The van der Waals surface area contributed by atoms with Crippen molar-refractivity contribution in [3.63, 3.8) is 0 Å². The molecule has 2 N–H and O–H groups in total. The number of fused-ring (bicyclic) bond motifs is 2. The summed E-state index contributed by atoms with van der Waals surface area (Å²) in [6.45, 7) is -0.612. The Balaban J connectivity index is 0.00000118. The van der Waals surface area contributed by atoms with Gasteiger partial charge in [0.05, 0.1) is 29.9 Å². The number of hydrogen-bond acceptors (Lipinski definition) is 8. The molecule has 1 saturated heterocycles. The molecule has 2 aliphatic rings. The van der Waals surface area contributed by atoms with Crippen molar-refractivity contribution in [2.24, 2.45) is 0 Å². The predicted molar refractivity (Wildman–Crippen MR) is 162 cm³/mol. The van der Waals surface area contributed by atoms with Crippen molar-refractivity contribution in [2.75, 3.05) is 31.1 Å². The summed E-state index contributed by atoms with van der Waals surface area (Å²) < 4.78 is 32.2. The second-order valence-electron chi connectivity index (χ2n) is 10.1. The maximum Gasteiger partial charge on any atom is 0.345 e. The number of carboxylic acid groups (broad SMARTS) is 1. The Morgan fingerprint density at radius 2 is 2.05 bits per heavy atom. The van der Waals surface area contributed by atoms with Crippen LogP contribution < -0.4 is 21.5 Å². The van der Waals surface area contributed by atoms with E-state index in [2.05, 4.69) is 26.0 Å². The fourth-order valence-electron chi connectivity index (χ4n) is 5.76. The quantitative estimate of drug-likeness (QED) is 0.279. The molecule has 0 aliphatic carbocycles. The highest BCUT2D eigenvalue weighted by Crippen LogP contribution is 2.44. The second kappa shape index (κ2) is 13.8. The summed E-state index contributed by atoms with van der Waals surface area (Å²) in [6, 6.07) is 9.67. The van der Waals surface area contributed by atoms with E-state index < -0.39 is 17.9 Å². The Morgan fingerprint density at radius 3 is 2.79 bits per heavy atom. The van der Waals surface area contributed by atoms with Gasteiger partial charge in [-0.2, -0.15) is 8.78 Å². The van der Waals surface area contributed by atoms with E-state index in [4.69, 9.17) is 21.5 Å². The monoisotopic (exact) mass is 633 g/mol. The fraction of sp³-hybridized carbons (Fsp3) is 0.379. The van der Waals surface area contributed by atoms with E-state index in [1.807, 2.05) is 18.2 Å². The SMILES string of the molecule is O=CO.O=c1ccn(CCOC(F)F)c(=O)n1Cc1cc2nccc(-c3cc(Cl)cc4c3N([C@H]3CCNC3)CCC4)c2s1. The van der Waals surface area contributed by atoms with E-state index in [1.165, 1.54) is 39.4 Å². The third kappa shape index (κ3) is 6.80. The molecule has 0 bridgehead atoms. The molecule has 1 fully saturated rings. The number of carbonyl (C=O) groups is 1. The summed E-state index contributed by atoms with van der Waals surface area (Å²) in [7, 11) is 0. The summed E-state index contributed by atoms with van der Waals surface area (Å²) in [4.78, 5) is 41.8. The number of aromatic nitrogens is 3. The number of anilines is 1. The third-order valence-electron chi connectivity index (χ3n) is 7.54. The third-order valence-corrected chi connectivity index (χ3v) is 8.90. The molecule has 43 heavy (non-hydrogen) atoms. The van der Waals surface area contributed by atoms with E-state index in [9.17, 15) is 18.4 Å². The molecule has 10 nitrogen and oxygen atoms in total. The number of pyridine rings is 1. The van der Waals surface area contributed by atoms with Gasteiger partial charge in [0, 0.05) is 64.3 Å². The molecular weight excluding hydrogens is 604 g/mol. The van der Waals surface area contributed by atoms with Crippen molar-refractivity contribution < 1.29 is 23.4 Å². The topological polar surface area (TPSA) is 119 Å². The van der Waals surface area contributed by atoms with Crippen molar-refractivity contribution in [3.8, 4) is 11.1 Å². The van der Waals surface area contributed by atoms with E-state index in [0.717, 1.165) is 69.7 Å². The number of aryl methyl sites for hydroxylation is 1. The minimum atomic E-state index is -2.92. The zero-order valence-corrected chi connectivity index (χ0v) is 24.6. The molecular formula is C29H30ClF2N5O5S. The standard InChI is InChI=1S/C28H28ClF2N5O3S.CH2O2/c29-18-12-17-2-1-8-35(19-3-6-32-15-19)25(17)22(13-18)21-4-7-33-23-14-20(40-26(21)23)16-36-24(37)5-9-34(28(36)38)10-11-39-27(30)31;2-1-3/h4-5,7,9,12-14,19,27,32H,1-3,6,8,10-11,15-16H2;1H,(H,2,3)/t19-;/m0./s1. The molecule has 0 spiro atoms. The van der Waals surface area contributed by atoms with Crippen molar-refractivity contribution in [3.05, 3.63) is 79.0 Å². The highest BCUT2D eigenvalue weighted by Gasteiger charge is 2.30. The zero-order chi connectivity index (χ0) is 30.5. The van der Waals surface area contributed by atoms with Gasteiger partial charge in [0.15, 0.2) is 0 Å². The van der Waals surface area contributed by atoms with Gasteiger partial charge >= 0.3 is 12.3 Å². The maximum absolute atomic E-state index is 13.0. The summed E-state index contributed by atoms with van der Waals surface area (Å²) in [5.74, 6) is 0. The minimum Gasteiger partial charge on any atom is -0.483 e. The van der Waals surface area contributed by atoms with Gasteiger partial charge in [-0.3, -0.25) is 23.7 Å². The van der Waals surface area contributed by atoms with Crippen molar-refractivity contribution >= 4 is 45.3 Å². The average molecular weight is 634 g/mol. The zero-order valence-electron chi connectivity index (χ0n) is 23.0. The molecule has 0 radical (unpaired) electrons. The first-order valence-corrected chi connectivity index (χ1v) is 15.0. The largest absolute Gasteiger partial charge is 0.483 e. The molecule has 5 heterocycles. The van der Waals surface area contributed by atoms with Gasteiger partial charge in [-0.15, -0.1) is 11.3 Å². The average Bonchev–Trinajstić information content (AvgIpc) is 3.66. The molecule has 6 rings (SSSR count). The molecule has 0 amide bonds. The van der Waals surface area contributed by atoms with Crippen LogP contribution >= 0.6 is 22.9 Å². The Hall–Kier alpha value is -3.65. The lowest BCUT2D eigenvalue weighted by molar-refractivity contribution is -0.130. The predicted octanol–water partition coefficient (Wildman–Crippen LogP) is 4.04. The smallest absolute Gasteiger partial charge is 0.345 e. The van der Waals surface area contributed by atoms with Crippen LogP contribution in [-0.2, 0) is 29.0 Å². The van der Waals surface area contributed by atoms with E-state index in [1.54, 1.807) is 6.20 Å². The van der Waals surface area contributed by atoms with Gasteiger partial charge in [0.2, 0.25) is 0 Å². The van der Waals surface area contributed by atoms with Crippen LogP contribution in [-0.4, -0.2) is 64.6 Å². The molecule has 2 aliphatic heterocycles. The van der Waals surface area contributed by atoms with Crippen LogP contribution in [0.4, 0.5) is 14.5 Å². The Labute approximate surface area is 254 Å². The van der Waals surface area contributed by atoms with Gasteiger partial charge in [-0.1, -0.05) is 11.6 Å². The number of alkyl halides is 2. The first-order valence-electron chi connectivity index (χ1n) is 13.8. The number of ether oxygens (including phenoxy) is 1. The lowest BCUT2D eigenvalue weighted by Gasteiger charge is -2.38. The lowest BCUT2D eigenvalue weighted by Crippen LogP contribution is -2.40. The van der Waals surface area contributed by atoms with Gasteiger partial charge in [-0.05, 0) is 55.6 Å². The van der Waals surface area contributed by atoms with Crippen molar-refractivity contribution in [1.82, 2.24) is 19.4 Å². The first-order chi connectivity index (χ1) is 20.8. The summed E-state index contributed by atoms with van der Waals surface area (Å²) in [5, 5.41) is 11.1. The van der Waals surface area contributed by atoms with Gasteiger partial charge in [0.25, 0.3) is 12.0 Å². The molecule has 3 aromatic heterocycles. The summed E-state index contributed by atoms with van der Waals surface area (Å²) in [6.07, 6.45) is 6.21. The number of halogens is 3. The molecule has 4 aromatic rings. The molecule has 1 atom stereocenters. The lowest BCUT2D eigenvalue weighted by atomic mass is 9.92. The first kappa shape index (κ1) is 30.8. The molecule has 0 saturated carbocycles. The molecule has 0 unspecified atom stereocenters. The summed E-state index contributed by atoms with van der Waals surface area (Å²) >= 11 is 8.12. The van der Waals surface area contributed by atoms with E-state index in [0.29, 0.717) is 11.1 Å². The Kier molecular flexibility index (Phi) is 9.86. The molecule has 228 valence electrons. The van der Waals surface area contributed by atoms with Crippen molar-refractivity contribution in [1.29, 1.82) is 0 Å². The number of thiophene rings is 1. The van der Waals surface area contributed by atoms with Crippen LogP contribution in [0, 0.1) is 0 Å². The number of nitrogens with one attached hydrogen (secondary N) is 1. The van der Waals surface area contributed by atoms with E-state index >= 15 is 0 Å². The Bertz CT molecular complexity index is 1720. The van der Waals surface area contributed by atoms with E-state index in [-0.39, 0.29) is 26.2 Å². The number of rotatable bonds is 8. The van der Waals surface area contributed by atoms with Gasteiger partial charge < -0.3 is 20.1 Å².